The molecule has 2 fully saturated rings. The standard InChI is InChI=1S/C25H28F6N4O/c1-33-9-11-35(12-10-33)21-5-7-34(8-6-21)22-14-17(13-19(16-22)25(29,30)31)23(36)32-20-4-2-3-18(15-20)24(26,27)28/h2-4,13-16,21H,5-12H2,1H3,(H,32,36). The minimum atomic E-state index is -4.68. The molecular weight excluding hydrogens is 486 g/mol. The van der Waals surface area contributed by atoms with Crippen molar-refractivity contribution >= 4 is 17.3 Å². The first-order chi connectivity index (χ1) is 16.9. The quantitative estimate of drug-likeness (QED) is 0.570. The van der Waals surface area contributed by atoms with Crippen LogP contribution in [0.2, 0.25) is 0 Å². The van der Waals surface area contributed by atoms with E-state index in [1.54, 1.807) is 0 Å². The van der Waals surface area contributed by atoms with E-state index in [4.69, 9.17) is 0 Å². The molecule has 4 rings (SSSR count). The summed E-state index contributed by atoms with van der Waals surface area (Å²) in [5, 5.41) is 2.30. The van der Waals surface area contributed by atoms with Crippen LogP contribution in [-0.4, -0.2) is 68.1 Å². The fourth-order valence-corrected chi connectivity index (χ4v) is 4.74. The van der Waals surface area contributed by atoms with Crippen LogP contribution in [0.3, 0.4) is 0 Å². The lowest BCUT2D eigenvalue weighted by molar-refractivity contribution is -0.138. The molecule has 5 nitrogen and oxygen atoms in total. The lowest BCUT2D eigenvalue weighted by Crippen LogP contribution is -2.52. The fraction of sp³-hybridized carbons (Fsp3) is 0.480. The number of nitrogens with zero attached hydrogens (tertiary/aromatic N) is 3. The fourth-order valence-electron chi connectivity index (χ4n) is 4.74. The molecule has 1 N–H and O–H groups in total. The molecule has 0 aromatic heterocycles. The molecule has 11 heteroatoms. The molecule has 2 aliphatic heterocycles. The van der Waals surface area contributed by atoms with Gasteiger partial charge in [0.1, 0.15) is 0 Å². The molecule has 2 aromatic carbocycles. The third kappa shape index (κ3) is 6.31. The van der Waals surface area contributed by atoms with Crippen molar-refractivity contribution in [1.29, 1.82) is 0 Å². The van der Waals surface area contributed by atoms with Gasteiger partial charge >= 0.3 is 12.4 Å². The van der Waals surface area contributed by atoms with Crippen LogP contribution in [0.5, 0.6) is 0 Å². The summed E-state index contributed by atoms with van der Waals surface area (Å²) in [6.07, 6.45) is -7.70. The van der Waals surface area contributed by atoms with Crippen LogP contribution >= 0.6 is 0 Å². The summed E-state index contributed by atoms with van der Waals surface area (Å²) in [4.78, 5) is 19.3. The highest BCUT2D eigenvalue weighted by atomic mass is 19.4. The molecule has 0 radical (unpaired) electrons. The van der Waals surface area contributed by atoms with Crippen molar-refractivity contribution in [2.45, 2.75) is 31.2 Å². The summed E-state index contributed by atoms with van der Waals surface area (Å²) in [5.41, 5.74) is -2.08. The molecule has 2 aromatic rings. The van der Waals surface area contributed by atoms with Crippen LogP contribution in [0.1, 0.15) is 34.3 Å². The molecular formula is C25H28F6N4O. The smallest absolute Gasteiger partial charge is 0.371 e. The third-order valence-electron chi connectivity index (χ3n) is 6.84. The number of rotatable bonds is 4. The monoisotopic (exact) mass is 514 g/mol. The maximum absolute atomic E-state index is 13.6. The van der Waals surface area contributed by atoms with Gasteiger partial charge in [-0.1, -0.05) is 6.07 Å². The van der Waals surface area contributed by atoms with E-state index < -0.39 is 29.4 Å². The molecule has 196 valence electrons. The van der Waals surface area contributed by atoms with E-state index in [2.05, 4.69) is 22.2 Å². The zero-order chi connectivity index (χ0) is 26.1. The number of nitrogens with one attached hydrogen (secondary N) is 1. The van der Waals surface area contributed by atoms with Crippen LogP contribution in [0.25, 0.3) is 0 Å². The number of benzene rings is 2. The van der Waals surface area contributed by atoms with Gasteiger partial charge in [-0.3, -0.25) is 9.69 Å². The SMILES string of the molecule is CN1CCN(C2CCN(c3cc(C(=O)Nc4cccc(C(F)(F)F)c4)cc(C(F)(F)F)c3)CC2)CC1. The number of likely N-dealkylation sites (N-methyl/N-ethyl adjacent to an activating group) is 1. The number of hydrogen-bond donors (Lipinski definition) is 1. The van der Waals surface area contributed by atoms with Gasteiger partial charge in [0, 0.05) is 62.2 Å². The topological polar surface area (TPSA) is 38.8 Å². The number of carbonyl (C=O) groups is 1. The zero-order valence-electron chi connectivity index (χ0n) is 19.8. The highest BCUT2D eigenvalue weighted by molar-refractivity contribution is 6.05. The van der Waals surface area contributed by atoms with E-state index in [1.165, 1.54) is 12.1 Å². The van der Waals surface area contributed by atoms with E-state index >= 15 is 0 Å². The zero-order valence-corrected chi connectivity index (χ0v) is 19.8. The predicted molar refractivity (Wildman–Crippen MR) is 125 cm³/mol. The van der Waals surface area contributed by atoms with Crippen molar-refractivity contribution in [3.8, 4) is 0 Å². The Morgan fingerprint density at radius 2 is 1.47 bits per heavy atom. The first kappa shape index (κ1) is 26.3. The Balaban J connectivity index is 1.51. The molecule has 0 aliphatic carbocycles. The average Bonchev–Trinajstić information content (AvgIpc) is 2.83. The van der Waals surface area contributed by atoms with Gasteiger partial charge in [0.15, 0.2) is 0 Å². The van der Waals surface area contributed by atoms with Gasteiger partial charge in [-0.05, 0) is 56.3 Å². The number of carbonyl (C=O) groups excluding carboxylic acids is 1. The number of piperidine rings is 1. The van der Waals surface area contributed by atoms with Gasteiger partial charge in [-0.15, -0.1) is 0 Å². The van der Waals surface area contributed by atoms with E-state index in [0.717, 1.165) is 69.4 Å². The number of anilines is 2. The van der Waals surface area contributed by atoms with Crippen LogP contribution in [0.4, 0.5) is 37.7 Å². The molecule has 2 heterocycles. The number of piperazine rings is 1. The second-order valence-electron chi connectivity index (χ2n) is 9.36. The van der Waals surface area contributed by atoms with E-state index in [9.17, 15) is 31.1 Å². The summed E-state index contributed by atoms with van der Waals surface area (Å²) in [6.45, 7) is 4.99. The summed E-state index contributed by atoms with van der Waals surface area (Å²) in [6, 6.07) is 7.46. The molecule has 0 spiro atoms. The van der Waals surface area contributed by atoms with E-state index in [0.29, 0.717) is 19.1 Å². The molecule has 0 atom stereocenters. The van der Waals surface area contributed by atoms with E-state index in [1.807, 2.05) is 4.90 Å². The lowest BCUT2D eigenvalue weighted by Gasteiger charge is -2.42. The van der Waals surface area contributed by atoms with Gasteiger partial charge in [0.25, 0.3) is 5.91 Å². The molecule has 36 heavy (non-hydrogen) atoms. The first-order valence-corrected chi connectivity index (χ1v) is 11.8. The van der Waals surface area contributed by atoms with Crippen LogP contribution in [0, 0.1) is 0 Å². The van der Waals surface area contributed by atoms with Crippen molar-refractivity contribution in [2.75, 3.05) is 56.5 Å². The molecule has 0 bridgehead atoms. The Hall–Kier alpha value is -2.79. The van der Waals surface area contributed by atoms with Crippen LogP contribution in [0.15, 0.2) is 42.5 Å². The van der Waals surface area contributed by atoms with Crippen LogP contribution < -0.4 is 10.2 Å². The number of halogens is 6. The number of hydrogen-bond acceptors (Lipinski definition) is 4. The minimum absolute atomic E-state index is 0.151. The largest absolute Gasteiger partial charge is 0.416 e. The molecule has 0 saturated carbocycles. The molecule has 2 saturated heterocycles. The molecule has 0 unspecified atom stereocenters. The highest BCUT2D eigenvalue weighted by Gasteiger charge is 2.34. The van der Waals surface area contributed by atoms with Crippen LogP contribution in [-0.2, 0) is 12.4 Å². The molecule has 2 aliphatic rings. The molecule has 1 amide bonds. The predicted octanol–water partition coefficient (Wildman–Crippen LogP) is 5.19. The number of alkyl halides is 6. The summed E-state index contributed by atoms with van der Waals surface area (Å²) in [5.74, 6) is -0.908. The van der Waals surface area contributed by atoms with Crippen molar-refractivity contribution in [1.82, 2.24) is 9.80 Å². The maximum atomic E-state index is 13.6. The van der Waals surface area contributed by atoms with Crippen molar-refractivity contribution in [3.63, 3.8) is 0 Å². The summed E-state index contributed by atoms with van der Waals surface area (Å²) < 4.78 is 79.9. The van der Waals surface area contributed by atoms with Crippen molar-refractivity contribution in [2.24, 2.45) is 0 Å². The Kier molecular flexibility index (Phi) is 7.51. The Morgan fingerprint density at radius 1 is 0.833 bits per heavy atom. The van der Waals surface area contributed by atoms with Gasteiger partial charge in [-0.25, -0.2) is 0 Å². The highest BCUT2D eigenvalue weighted by Crippen LogP contribution is 2.35. The second kappa shape index (κ2) is 10.3. The van der Waals surface area contributed by atoms with Crippen molar-refractivity contribution < 1.29 is 31.1 Å². The maximum Gasteiger partial charge on any atom is 0.416 e. The minimum Gasteiger partial charge on any atom is -0.371 e. The third-order valence-corrected chi connectivity index (χ3v) is 6.84. The Bertz CT molecular complexity index is 1070. The Morgan fingerprint density at radius 3 is 2.08 bits per heavy atom. The van der Waals surface area contributed by atoms with Crippen molar-refractivity contribution in [3.05, 3.63) is 59.2 Å². The summed E-state index contributed by atoms with van der Waals surface area (Å²) >= 11 is 0. The number of amides is 1. The van der Waals surface area contributed by atoms with Gasteiger partial charge in [0.05, 0.1) is 11.1 Å². The lowest BCUT2D eigenvalue weighted by atomic mass is 10.00. The van der Waals surface area contributed by atoms with Gasteiger partial charge in [0.2, 0.25) is 0 Å². The first-order valence-electron chi connectivity index (χ1n) is 11.8. The Labute approximate surface area is 205 Å². The average molecular weight is 515 g/mol. The summed E-state index contributed by atoms with van der Waals surface area (Å²) in [7, 11) is 2.08. The normalized spacial score (nSPS) is 18.9. The van der Waals surface area contributed by atoms with E-state index in [-0.39, 0.29) is 16.9 Å². The second-order valence-corrected chi connectivity index (χ2v) is 9.36. The van der Waals surface area contributed by atoms with Gasteiger partial charge in [-0.2, -0.15) is 26.3 Å². The van der Waals surface area contributed by atoms with Gasteiger partial charge < -0.3 is 15.1 Å².